The van der Waals surface area contributed by atoms with Crippen LogP contribution in [0.25, 0.3) is 0 Å². The predicted octanol–water partition coefficient (Wildman–Crippen LogP) is 3.43. The molecular formula is C14H22N2. The Kier molecular flexibility index (Phi) is 3.37. The van der Waals surface area contributed by atoms with Crippen LogP contribution in [0.3, 0.4) is 0 Å². The summed E-state index contributed by atoms with van der Waals surface area (Å²) in [5.74, 6) is 1.70. The fourth-order valence-corrected chi connectivity index (χ4v) is 2.69. The third kappa shape index (κ3) is 2.69. The molecule has 2 rings (SSSR count). The Hall–Kier alpha value is -1.18. The number of rotatable bonds is 3. The number of hydrogen-bond acceptors (Lipinski definition) is 2. The second-order valence-corrected chi connectivity index (χ2v) is 5.18. The van der Waals surface area contributed by atoms with Crippen molar-refractivity contribution in [1.29, 1.82) is 0 Å². The highest BCUT2D eigenvalue weighted by molar-refractivity contribution is 5.56. The number of nitrogens with one attached hydrogen (secondary N) is 1. The Morgan fingerprint density at radius 2 is 2.12 bits per heavy atom. The van der Waals surface area contributed by atoms with Gasteiger partial charge in [0.15, 0.2) is 0 Å². The highest BCUT2D eigenvalue weighted by atomic mass is 14.9. The molecule has 0 aromatic heterocycles. The van der Waals surface area contributed by atoms with Crippen molar-refractivity contribution < 1.29 is 0 Å². The molecule has 1 aliphatic carbocycles. The van der Waals surface area contributed by atoms with Gasteiger partial charge in [0.2, 0.25) is 0 Å². The van der Waals surface area contributed by atoms with Gasteiger partial charge in [0.1, 0.15) is 0 Å². The van der Waals surface area contributed by atoms with E-state index in [0.717, 1.165) is 29.8 Å². The molecule has 0 aliphatic heterocycles. The summed E-state index contributed by atoms with van der Waals surface area (Å²) in [6.45, 7) is 5.54. The number of benzene rings is 1. The zero-order chi connectivity index (χ0) is 11.5. The van der Waals surface area contributed by atoms with E-state index in [-0.39, 0.29) is 0 Å². The quantitative estimate of drug-likeness (QED) is 0.763. The fourth-order valence-electron chi connectivity index (χ4n) is 2.69. The Balaban J connectivity index is 1.94. The summed E-state index contributed by atoms with van der Waals surface area (Å²) >= 11 is 0. The van der Waals surface area contributed by atoms with Gasteiger partial charge >= 0.3 is 0 Å². The number of nitrogens with two attached hydrogens (primary N) is 1. The number of nitrogen functional groups attached to an aromatic ring is 1. The predicted molar refractivity (Wildman–Crippen MR) is 70.6 cm³/mol. The summed E-state index contributed by atoms with van der Waals surface area (Å²) in [6, 6.07) is 6.19. The summed E-state index contributed by atoms with van der Waals surface area (Å²) in [6.07, 6.45) is 4.15. The Labute approximate surface area is 98.2 Å². The zero-order valence-electron chi connectivity index (χ0n) is 10.3. The molecule has 2 atom stereocenters. The maximum atomic E-state index is 5.83. The lowest BCUT2D eigenvalue weighted by atomic mass is 9.98. The lowest BCUT2D eigenvalue weighted by molar-refractivity contribution is 0.439. The molecule has 88 valence electrons. The first-order valence-corrected chi connectivity index (χ1v) is 6.26. The Morgan fingerprint density at radius 3 is 2.75 bits per heavy atom. The molecular weight excluding hydrogens is 196 g/mol. The van der Waals surface area contributed by atoms with Crippen molar-refractivity contribution in [3.8, 4) is 0 Å². The van der Waals surface area contributed by atoms with Gasteiger partial charge in [0.05, 0.1) is 0 Å². The van der Waals surface area contributed by atoms with Gasteiger partial charge in [-0.25, -0.2) is 0 Å². The normalized spacial score (nSPS) is 24.6. The lowest BCUT2D eigenvalue weighted by Crippen LogP contribution is -2.16. The molecule has 0 radical (unpaired) electrons. The summed E-state index contributed by atoms with van der Waals surface area (Å²) in [5, 5.41) is 3.52. The van der Waals surface area contributed by atoms with Crippen molar-refractivity contribution in [3.63, 3.8) is 0 Å². The van der Waals surface area contributed by atoms with Gasteiger partial charge in [-0.05, 0) is 48.9 Å². The van der Waals surface area contributed by atoms with Crippen molar-refractivity contribution in [2.75, 3.05) is 17.6 Å². The van der Waals surface area contributed by atoms with Gasteiger partial charge in [0, 0.05) is 17.9 Å². The highest BCUT2D eigenvalue weighted by Crippen LogP contribution is 2.31. The average molecular weight is 218 g/mol. The maximum Gasteiger partial charge on any atom is 0.0363 e. The first-order valence-electron chi connectivity index (χ1n) is 6.26. The molecule has 1 fully saturated rings. The molecule has 2 nitrogen and oxygen atoms in total. The van der Waals surface area contributed by atoms with Crippen LogP contribution < -0.4 is 11.1 Å². The fraction of sp³-hybridized carbons (Fsp3) is 0.571. The van der Waals surface area contributed by atoms with Crippen molar-refractivity contribution >= 4 is 11.4 Å². The van der Waals surface area contributed by atoms with Crippen LogP contribution in [-0.4, -0.2) is 6.54 Å². The van der Waals surface area contributed by atoms with Crippen LogP contribution in [0, 0.1) is 18.8 Å². The van der Waals surface area contributed by atoms with E-state index in [1.807, 2.05) is 12.1 Å². The summed E-state index contributed by atoms with van der Waals surface area (Å²) in [4.78, 5) is 0. The summed E-state index contributed by atoms with van der Waals surface area (Å²) < 4.78 is 0. The van der Waals surface area contributed by atoms with Crippen molar-refractivity contribution in [2.24, 2.45) is 11.8 Å². The topological polar surface area (TPSA) is 38.0 Å². The lowest BCUT2D eigenvalue weighted by Gasteiger charge is -2.17. The van der Waals surface area contributed by atoms with Crippen LogP contribution in [0.15, 0.2) is 18.2 Å². The molecule has 16 heavy (non-hydrogen) atoms. The molecule has 1 aromatic carbocycles. The van der Waals surface area contributed by atoms with Crippen molar-refractivity contribution in [1.82, 2.24) is 0 Å². The number of anilines is 2. The van der Waals surface area contributed by atoms with Crippen LogP contribution in [0.4, 0.5) is 11.4 Å². The molecule has 0 saturated heterocycles. The molecule has 1 saturated carbocycles. The van der Waals surface area contributed by atoms with E-state index in [9.17, 15) is 0 Å². The maximum absolute atomic E-state index is 5.83. The minimum atomic E-state index is 0.835. The molecule has 0 amide bonds. The smallest absolute Gasteiger partial charge is 0.0363 e. The molecule has 0 bridgehead atoms. The summed E-state index contributed by atoms with van der Waals surface area (Å²) in [7, 11) is 0. The van der Waals surface area contributed by atoms with Crippen LogP contribution >= 0.6 is 0 Å². The molecule has 0 heterocycles. The first kappa shape index (κ1) is 11.3. The van der Waals surface area contributed by atoms with E-state index in [1.54, 1.807) is 0 Å². The Morgan fingerprint density at radius 1 is 1.31 bits per heavy atom. The highest BCUT2D eigenvalue weighted by Gasteiger charge is 2.22. The van der Waals surface area contributed by atoms with E-state index in [2.05, 4.69) is 25.2 Å². The van der Waals surface area contributed by atoms with Gasteiger partial charge in [-0.15, -0.1) is 0 Å². The first-order chi connectivity index (χ1) is 7.65. The van der Waals surface area contributed by atoms with Crippen LogP contribution in [0.5, 0.6) is 0 Å². The Bertz CT molecular complexity index is 340. The van der Waals surface area contributed by atoms with Crippen LogP contribution in [0.1, 0.15) is 31.7 Å². The zero-order valence-corrected chi connectivity index (χ0v) is 10.3. The molecule has 0 spiro atoms. The van der Waals surface area contributed by atoms with E-state index in [4.69, 9.17) is 5.73 Å². The second-order valence-electron chi connectivity index (χ2n) is 5.18. The van der Waals surface area contributed by atoms with E-state index in [1.165, 1.54) is 24.8 Å². The van der Waals surface area contributed by atoms with Gasteiger partial charge in [-0.2, -0.15) is 0 Å². The van der Waals surface area contributed by atoms with E-state index >= 15 is 0 Å². The van der Waals surface area contributed by atoms with Crippen molar-refractivity contribution in [3.05, 3.63) is 23.8 Å². The van der Waals surface area contributed by atoms with Crippen LogP contribution in [0.2, 0.25) is 0 Å². The third-order valence-electron chi connectivity index (χ3n) is 3.71. The van der Waals surface area contributed by atoms with Crippen molar-refractivity contribution in [2.45, 2.75) is 33.1 Å². The van der Waals surface area contributed by atoms with Gasteiger partial charge in [0.25, 0.3) is 0 Å². The third-order valence-corrected chi connectivity index (χ3v) is 3.71. The van der Waals surface area contributed by atoms with Gasteiger partial charge in [-0.1, -0.05) is 19.8 Å². The van der Waals surface area contributed by atoms with Gasteiger partial charge < -0.3 is 11.1 Å². The minimum absolute atomic E-state index is 0.835. The minimum Gasteiger partial charge on any atom is -0.399 e. The van der Waals surface area contributed by atoms with Gasteiger partial charge in [-0.3, -0.25) is 0 Å². The standard InChI is InChI=1S/C14H22N2/c1-10-6-13(15)8-14(7-10)16-9-12-5-3-4-11(12)2/h6-8,11-12,16H,3-5,9,15H2,1-2H3. The second kappa shape index (κ2) is 4.77. The molecule has 2 heteroatoms. The molecule has 2 unspecified atom stereocenters. The number of aryl methyl sites for hydroxylation is 1. The monoisotopic (exact) mass is 218 g/mol. The van der Waals surface area contributed by atoms with E-state index < -0.39 is 0 Å². The molecule has 1 aliphatic rings. The van der Waals surface area contributed by atoms with Crippen LogP contribution in [-0.2, 0) is 0 Å². The van der Waals surface area contributed by atoms with E-state index in [0.29, 0.717) is 0 Å². The largest absolute Gasteiger partial charge is 0.399 e. The summed E-state index contributed by atoms with van der Waals surface area (Å²) in [5.41, 5.74) is 9.07. The molecule has 3 N–H and O–H groups in total. The SMILES string of the molecule is Cc1cc(N)cc(NCC2CCCC2C)c1. The molecule has 1 aromatic rings. The number of hydrogen-bond donors (Lipinski definition) is 2. The average Bonchev–Trinajstić information content (AvgIpc) is 2.59.